The summed E-state index contributed by atoms with van der Waals surface area (Å²) in [6, 6.07) is 5.32. The van der Waals surface area contributed by atoms with Gasteiger partial charge in [-0.2, -0.15) is 16.1 Å². The fraction of sp³-hybridized carbons (Fsp3) is 0.533. The summed E-state index contributed by atoms with van der Waals surface area (Å²) in [5.41, 5.74) is 1.59. The summed E-state index contributed by atoms with van der Waals surface area (Å²) in [5, 5.41) is 9.06. The molecule has 1 fully saturated rings. The maximum atomic E-state index is 13.2. The Morgan fingerprint density at radius 3 is 2.75 bits per heavy atom. The van der Waals surface area contributed by atoms with Crippen LogP contribution in [0.4, 0.5) is 0 Å². The van der Waals surface area contributed by atoms with Crippen LogP contribution in [0.1, 0.15) is 20.8 Å². The molecule has 7 nitrogen and oxygen atoms in total. The lowest BCUT2D eigenvalue weighted by molar-refractivity contribution is -0.134. The molecule has 1 heterocycles. The van der Waals surface area contributed by atoms with Gasteiger partial charge in [-0.25, -0.2) is 13.9 Å². The van der Waals surface area contributed by atoms with Crippen molar-refractivity contribution in [2.24, 2.45) is 0 Å². The second kappa shape index (κ2) is 7.30. The van der Waals surface area contributed by atoms with Gasteiger partial charge in [0.15, 0.2) is 0 Å². The summed E-state index contributed by atoms with van der Waals surface area (Å²) >= 11 is 1.49. The number of hydrogen-bond acceptors (Lipinski definition) is 6. The zero-order valence-electron chi connectivity index (χ0n) is 13.9. The number of nitrogens with one attached hydrogen (secondary N) is 1. The number of carbonyl (C=O) groups is 1. The van der Waals surface area contributed by atoms with E-state index in [1.54, 1.807) is 44.5 Å². The Labute approximate surface area is 146 Å². The highest BCUT2D eigenvalue weighted by molar-refractivity contribution is 8.01. The summed E-state index contributed by atoms with van der Waals surface area (Å²) in [5.74, 6) is 0.0574. The van der Waals surface area contributed by atoms with Gasteiger partial charge in [-0.3, -0.25) is 10.0 Å². The molecule has 0 aliphatic carbocycles. The van der Waals surface area contributed by atoms with Crippen LogP contribution in [0.25, 0.3) is 0 Å². The lowest BCUT2D eigenvalue weighted by atomic mass is 10.0. The predicted molar refractivity (Wildman–Crippen MR) is 91.8 cm³/mol. The molecule has 1 aromatic rings. The number of rotatable bonds is 5. The van der Waals surface area contributed by atoms with E-state index in [0.717, 1.165) is 4.31 Å². The molecule has 0 spiro atoms. The van der Waals surface area contributed by atoms with Crippen LogP contribution in [-0.2, 0) is 14.8 Å². The van der Waals surface area contributed by atoms with Crippen molar-refractivity contribution >= 4 is 27.7 Å². The summed E-state index contributed by atoms with van der Waals surface area (Å²) < 4.78 is 32.2. The molecular formula is C15H22N2O5S2. The van der Waals surface area contributed by atoms with E-state index in [2.05, 4.69) is 0 Å². The number of hydrogen-bond donors (Lipinski definition) is 2. The van der Waals surface area contributed by atoms with Gasteiger partial charge in [0.05, 0.1) is 6.61 Å². The van der Waals surface area contributed by atoms with Crippen LogP contribution in [0.2, 0.25) is 0 Å². The minimum absolute atomic E-state index is 0.0188. The Bertz CT molecular complexity index is 706. The molecule has 1 aliphatic heterocycles. The molecule has 1 unspecified atom stereocenters. The number of carbonyl (C=O) groups excluding carboxylic acids is 1. The molecular weight excluding hydrogens is 352 g/mol. The number of benzene rings is 1. The van der Waals surface area contributed by atoms with Gasteiger partial charge in [0.2, 0.25) is 10.0 Å². The Morgan fingerprint density at radius 2 is 2.12 bits per heavy atom. The van der Waals surface area contributed by atoms with Crippen LogP contribution in [0, 0.1) is 0 Å². The second-order valence-corrected chi connectivity index (χ2v) is 9.43. The van der Waals surface area contributed by atoms with E-state index in [1.165, 1.54) is 17.8 Å². The molecule has 0 bridgehead atoms. The standard InChI is InChI=1S/C15H22N2O5S2/c1-4-22-11-7-5-6-8-12(11)24(20,21)17-9-10-23-15(2,3)13(17)14(18)16-19/h5-8,13,19H,4,9-10H2,1-3H3,(H,16,18). The molecule has 1 atom stereocenters. The van der Waals surface area contributed by atoms with Crippen molar-refractivity contribution in [3.05, 3.63) is 24.3 Å². The maximum absolute atomic E-state index is 13.2. The molecule has 134 valence electrons. The number of sulfonamides is 1. The smallest absolute Gasteiger partial charge is 0.263 e. The molecule has 9 heteroatoms. The molecule has 0 radical (unpaired) electrons. The van der Waals surface area contributed by atoms with E-state index < -0.39 is 26.7 Å². The number of ether oxygens (including phenoxy) is 1. The number of thioether (sulfide) groups is 1. The predicted octanol–water partition coefficient (Wildman–Crippen LogP) is 1.48. The SMILES string of the molecule is CCOc1ccccc1S(=O)(=O)N1CCSC(C)(C)C1C(=O)NO. The molecule has 2 N–H and O–H groups in total. The fourth-order valence-electron chi connectivity index (χ4n) is 2.78. The van der Waals surface area contributed by atoms with Gasteiger partial charge < -0.3 is 4.74 Å². The van der Waals surface area contributed by atoms with Crippen molar-refractivity contribution in [3.8, 4) is 5.75 Å². The van der Waals surface area contributed by atoms with Crippen molar-refractivity contribution in [2.75, 3.05) is 18.9 Å². The van der Waals surface area contributed by atoms with Gasteiger partial charge in [0.25, 0.3) is 5.91 Å². The van der Waals surface area contributed by atoms with Crippen LogP contribution in [0.15, 0.2) is 29.2 Å². The van der Waals surface area contributed by atoms with Gasteiger partial charge in [-0.05, 0) is 32.9 Å². The van der Waals surface area contributed by atoms with Crippen molar-refractivity contribution in [1.29, 1.82) is 0 Å². The number of amides is 1. The number of hydroxylamine groups is 1. The largest absolute Gasteiger partial charge is 0.492 e. The third kappa shape index (κ3) is 3.53. The maximum Gasteiger partial charge on any atom is 0.263 e. The van der Waals surface area contributed by atoms with Crippen molar-refractivity contribution in [3.63, 3.8) is 0 Å². The van der Waals surface area contributed by atoms with Crippen LogP contribution < -0.4 is 10.2 Å². The highest BCUT2D eigenvalue weighted by Gasteiger charge is 2.48. The summed E-state index contributed by atoms with van der Waals surface area (Å²) in [6.45, 7) is 5.84. The Kier molecular flexibility index (Phi) is 5.79. The van der Waals surface area contributed by atoms with E-state index >= 15 is 0 Å². The van der Waals surface area contributed by atoms with Crippen LogP contribution >= 0.6 is 11.8 Å². The van der Waals surface area contributed by atoms with E-state index in [4.69, 9.17) is 9.94 Å². The molecule has 1 aliphatic rings. The van der Waals surface area contributed by atoms with E-state index in [0.29, 0.717) is 12.4 Å². The third-order valence-corrected chi connectivity index (χ3v) is 7.08. The summed E-state index contributed by atoms with van der Waals surface area (Å²) in [4.78, 5) is 12.2. The van der Waals surface area contributed by atoms with Crippen LogP contribution in [-0.4, -0.2) is 53.5 Å². The summed E-state index contributed by atoms with van der Waals surface area (Å²) in [7, 11) is -3.97. The zero-order valence-corrected chi connectivity index (χ0v) is 15.5. The molecule has 2 rings (SSSR count). The molecule has 0 aromatic heterocycles. The Balaban J connectivity index is 2.52. The van der Waals surface area contributed by atoms with Gasteiger partial charge in [0, 0.05) is 17.0 Å². The first-order valence-corrected chi connectivity index (χ1v) is 10.00. The summed E-state index contributed by atoms with van der Waals surface area (Å²) in [6.07, 6.45) is 0. The van der Waals surface area contributed by atoms with Crippen molar-refractivity contribution < 1.29 is 23.2 Å². The van der Waals surface area contributed by atoms with E-state index in [1.807, 2.05) is 0 Å². The third-order valence-electron chi connectivity index (χ3n) is 3.83. The topological polar surface area (TPSA) is 95.9 Å². The lowest BCUT2D eigenvalue weighted by Crippen LogP contribution is -2.61. The minimum Gasteiger partial charge on any atom is -0.492 e. The van der Waals surface area contributed by atoms with E-state index in [-0.39, 0.29) is 17.2 Å². The number of nitrogens with zero attached hydrogens (tertiary/aromatic N) is 1. The van der Waals surface area contributed by atoms with Gasteiger partial charge >= 0.3 is 0 Å². The van der Waals surface area contributed by atoms with Gasteiger partial charge in [-0.15, -0.1) is 0 Å². The molecule has 1 saturated heterocycles. The highest BCUT2D eigenvalue weighted by Crippen LogP contribution is 2.39. The van der Waals surface area contributed by atoms with Gasteiger partial charge in [-0.1, -0.05) is 12.1 Å². The number of para-hydroxylation sites is 1. The Hall–Kier alpha value is -1.29. The molecule has 0 saturated carbocycles. The van der Waals surface area contributed by atoms with Crippen molar-refractivity contribution in [2.45, 2.75) is 36.5 Å². The normalized spacial score (nSPS) is 21.2. The van der Waals surface area contributed by atoms with E-state index in [9.17, 15) is 13.2 Å². The molecule has 24 heavy (non-hydrogen) atoms. The lowest BCUT2D eigenvalue weighted by Gasteiger charge is -2.43. The average Bonchev–Trinajstić information content (AvgIpc) is 2.53. The zero-order chi connectivity index (χ0) is 18.0. The average molecular weight is 374 g/mol. The first-order valence-electron chi connectivity index (χ1n) is 7.57. The fourth-order valence-corrected chi connectivity index (χ4v) is 6.03. The first kappa shape index (κ1) is 19.0. The second-order valence-electron chi connectivity index (χ2n) is 5.83. The highest BCUT2D eigenvalue weighted by atomic mass is 32.2. The molecule has 1 amide bonds. The van der Waals surface area contributed by atoms with Crippen LogP contribution in [0.5, 0.6) is 5.75 Å². The molecule has 1 aromatic carbocycles. The van der Waals surface area contributed by atoms with Crippen LogP contribution in [0.3, 0.4) is 0 Å². The van der Waals surface area contributed by atoms with Gasteiger partial charge in [0.1, 0.15) is 16.7 Å². The van der Waals surface area contributed by atoms with Crippen molar-refractivity contribution in [1.82, 2.24) is 9.79 Å². The monoisotopic (exact) mass is 374 g/mol. The Morgan fingerprint density at radius 1 is 1.46 bits per heavy atom. The minimum atomic E-state index is -3.97. The quantitative estimate of drug-likeness (QED) is 0.599. The first-order chi connectivity index (χ1) is 11.3.